The fourth-order valence-corrected chi connectivity index (χ4v) is 27.1. The van der Waals surface area contributed by atoms with Crippen molar-refractivity contribution in [3.05, 3.63) is 24.3 Å². The van der Waals surface area contributed by atoms with E-state index in [0.717, 1.165) is 0 Å². The van der Waals surface area contributed by atoms with Crippen molar-refractivity contribution in [1.82, 2.24) is 0 Å². The topological polar surface area (TPSA) is 0 Å². The lowest BCUT2D eigenvalue weighted by atomic mass is 10.4. The van der Waals surface area contributed by atoms with Crippen LogP contribution in [0.2, 0.25) is 24.3 Å². The Hall–Kier alpha value is 1.58. The Morgan fingerprint density at radius 2 is 1.19 bits per heavy atom. The van der Waals surface area contributed by atoms with Crippen LogP contribution in [0.5, 0.6) is 0 Å². The first-order valence-corrected chi connectivity index (χ1v) is 18.3. The number of rotatable bonds is 3. The molecule has 0 aliphatic heterocycles. The molecule has 16 heavy (non-hydrogen) atoms. The van der Waals surface area contributed by atoms with Crippen LogP contribution in [0.4, 0.5) is 0 Å². The van der Waals surface area contributed by atoms with Crippen molar-refractivity contribution < 1.29 is 0 Å². The highest BCUT2D eigenvalue weighted by Gasteiger charge is 2.68. The van der Waals surface area contributed by atoms with E-state index in [1.807, 2.05) is 24.3 Å². The first-order chi connectivity index (χ1) is 6.96. The van der Waals surface area contributed by atoms with Gasteiger partial charge in [0, 0.05) is 4.66 Å². The molecule has 0 unspecified atom stereocenters. The number of hydrogen-bond donors (Lipinski definition) is 0. The van der Waals surface area contributed by atoms with E-state index >= 15 is 0 Å². The van der Waals surface area contributed by atoms with E-state index in [2.05, 4.69) is 19.6 Å². The average molecular weight is 371 g/mol. The Morgan fingerprint density at radius 1 is 0.812 bits per heavy atom. The summed E-state index contributed by atoms with van der Waals surface area (Å²) >= 11 is 31.5. The summed E-state index contributed by atoms with van der Waals surface area (Å²) in [6.07, 6.45) is 5.00. The van der Waals surface area contributed by atoms with E-state index in [1.54, 1.807) is 0 Å². The van der Waals surface area contributed by atoms with Gasteiger partial charge in [-0.25, -0.2) is 0 Å². The smallest absolute Gasteiger partial charge is 0.144 e. The maximum absolute atomic E-state index is 6.56. The highest BCUT2D eigenvalue weighted by molar-refractivity contribution is 8.03. The van der Waals surface area contributed by atoms with Gasteiger partial charge in [0.25, 0.3) is 0 Å². The normalized spacial score (nSPS) is 20.5. The summed E-state index contributed by atoms with van der Waals surface area (Å²) < 4.78 is -0.374. The van der Waals surface area contributed by atoms with Crippen LogP contribution in [-0.2, 0) is 0 Å². The second-order valence-electron chi connectivity index (χ2n) is 4.91. The maximum Gasteiger partial charge on any atom is 0.359 e. The Kier molecular flexibility index (Phi) is 4.50. The predicted molar refractivity (Wildman–Crippen MR) is 85.1 cm³/mol. The molecule has 0 atom stereocenters. The van der Waals surface area contributed by atoms with Crippen molar-refractivity contribution in [2.24, 2.45) is 0 Å². The quantitative estimate of drug-likeness (QED) is 0.462. The van der Waals surface area contributed by atoms with E-state index in [-0.39, 0.29) is 4.66 Å². The largest absolute Gasteiger partial charge is 0.359 e. The lowest BCUT2D eigenvalue weighted by Crippen LogP contribution is -2.60. The lowest BCUT2D eigenvalue weighted by Gasteiger charge is -2.46. The molecule has 0 amide bonds. The zero-order valence-corrected chi connectivity index (χ0v) is 16.0. The molecule has 1 aliphatic carbocycles. The fourth-order valence-electron chi connectivity index (χ4n) is 1.89. The summed E-state index contributed by atoms with van der Waals surface area (Å²) in [7, 11) is -1.71. The van der Waals surface area contributed by atoms with Crippen LogP contribution < -0.4 is 0 Å². The molecule has 1 aliphatic rings. The monoisotopic (exact) mass is 368 g/mol. The zero-order valence-electron chi connectivity index (χ0n) is 9.20. The molecule has 0 heterocycles. The van der Waals surface area contributed by atoms with E-state index < -0.39 is 19.8 Å². The van der Waals surface area contributed by atoms with Gasteiger partial charge in [-0.15, -0.1) is 55.4 Å². The van der Waals surface area contributed by atoms with Gasteiger partial charge < -0.3 is 0 Å². The van der Waals surface area contributed by atoms with E-state index in [0.29, 0.717) is 0 Å². The second-order valence-corrected chi connectivity index (χ2v) is 33.8. The third-order valence-corrected chi connectivity index (χ3v) is 36.2. The Morgan fingerprint density at radius 3 is 1.44 bits per heavy atom. The first kappa shape index (κ1) is 15.6. The van der Waals surface area contributed by atoms with Gasteiger partial charge >= 0.3 is 11.7 Å². The van der Waals surface area contributed by atoms with Gasteiger partial charge in [-0.3, -0.25) is 0 Å². The molecular weight excluding hydrogens is 358 g/mol. The lowest BCUT2D eigenvalue weighted by molar-refractivity contribution is 1.16. The van der Waals surface area contributed by atoms with Gasteiger partial charge in [0.15, 0.2) is 0 Å². The van der Waals surface area contributed by atoms with Crippen LogP contribution in [-0.4, -0.2) is 19.8 Å². The third kappa shape index (κ3) is 2.35. The molecule has 0 saturated carbocycles. The van der Waals surface area contributed by atoms with Gasteiger partial charge in [0.1, 0.15) is 0 Å². The molecule has 0 aromatic heterocycles. The summed E-state index contributed by atoms with van der Waals surface area (Å²) in [6, 6.07) is 0. The van der Waals surface area contributed by atoms with E-state index in [1.165, 1.54) is 0 Å². The Balaban J connectivity index is 3.36. The second kappa shape index (κ2) is 4.60. The molecule has 0 aromatic carbocycles. The number of halogens is 5. The molecule has 0 bridgehead atoms. The predicted octanol–water partition coefficient (Wildman–Crippen LogP) is 5.38. The molecule has 1 rings (SSSR count). The Labute approximate surface area is 123 Å². The fraction of sp³-hybridized carbons (Fsp3) is 0.500. The molecular formula is C8H13Cl5Si3. The van der Waals surface area contributed by atoms with Crippen LogP contribution in [0.25, 0.3) is 0 Å². The van der Waals surface area contributed by atoms with Crippen molar-refractivity contribution in [1.29, 1.82) is 0 Å². The van der Waals surface area contributed by atoms with Crippen molar-refractivity contribution in [2.45, 2.75) is 24.3 Å². The molecule has 0 fully saturated rings. The van der Waals surface area contributed by atoms with Gasteiger partial charge in [-0.1, -0.05) is 43.9 Å². The summed E-state index contributed by atoms with van der Waals surface area (Å²) in [5, 5.41) is 0. The van der Waals surface area contributed by atoms with Gasteiger partial charge in [-0.2, -0.15) is 0 Å². The van der Waals surface area contributed by atoms with Crippen LogP contribution in [0.1, 0.15) is 0 Å². The molecule has 0 aromatic rings. The van der Waals surface area contributed by atoms with Crippen LogP contribution in [0, 0.1) is 0 Å². The maximum atomic E-state index is 6.56. The average Bonchev–Trinajstić information content (AvgIpc) is 2.48. The minimum atomic E-state index is -3.11. The molecule has 0 radical (unpaired) electrons. The number of allylic oxidation sites excluding steroid dienone is 4. The Bertz CT molecular complexity index is 325. The van der Waals surface area contributed by atoms with Gasteiger partial charge in [0.05, 0.1) is 8.07 Å². The molecule has 0 N–H and O–H groups in total. The first-order valence-electron chi connectivity index (χ1n) is 4.77. The summed E-state index contributed by atoms with van der Waals surface area (Å²) in [5.74, 6) is 0. The summed E-state index contributed by atoms with van der Waals surface area (Å²) in [6.45, 7) is 6.60. The van der Waals surface area contributed by atoms with Crippen molar-refractivity contribution in [2.75, 3.05) is 0 Å². The summed E-state index contributed by atoms with van der Waals surface area (Å²) in [5.41, 5.74) is -3.11. The molecule has 0 nitrogen and oxygen atoms in total. The highest BCUT2D eigenvalue weighted by Crippen LogP contribution is 2.60. The minimum absolute atomic E-state index is 0.374. The van der Waals surface area contributed by atoms with Crippen LogP contribution in [0.3, 0.4) is 0 Å². The molecule has 0 spiro atoms. The highest BCUT2D eigenvalue weighted by atomic mass is 35.9. The molecule has 8 heteroatoms. The van der Waals surface area contributed by atoms with Crippen LogP contribution in [0.15, 0.2) is 24.3 Å². The third-order valence-electron chi connectivity index (χ3n) is 2.95. The standard InChI is InChI=1S/C8H13Cl5Si3/c1-14(2,3)8(6-4-5-7-8)15(9,10)16(11,12)13/h4-7H,1-3H3. The molecule has 0 saturated heterocycles. The molecule has 92 valence electrons. The van der Waals surface area contributed by atoms with E-state index in [4.69, 9.17) is 55.4 Å². The SMILES string of the molecule is C[Si](C)(C)C1([Si](Cl)(Cl)[Si](Cl)(Cl)Cl)C=CC=C1. The van der Waals surface area contributed by atoms with Gasteiger partial charge in [-0.05, 0) is 0 Å². The van der Waals surface area contributed by atoms with E-state index in [9.17, 15) is 0 Å². The minimum Gasteiger partial charge on any atom is -0.144 e. The van der Waals surface area contributed by atoms with Crippen LogP contribution >= 0.6 is 55.4 Å². The zero-order chi connectivity index (χ0) is 12.8. The summed E-state index contributed by atoms with van der Waals surface area (Å²) in [4.78, 5) is 0. The van der Waals surface area contributed by atoms with Gasteiger partial charge in [0.2, 0.25) is 0 Å². The van der Waals surface area contributed by atoms with Crippen molar-refractivity contribution in [3.63, 3.8) is 0 Å². The number of hydrogen-bond acceptors (Lipinski definition) is 0. The van der Waals surface area contributed by atoms with Crippen molar-refractivity contribution in [3.8, 4) is 0 Å². The van der Waals surface area contributed by atoms with Crippen molar-refractivity contribution >= 4 is 75.2 Å².